The normalized spacial score (nSPS) is 9.62. The molecule has 0 heterocycles. The molecule has 1 aromatic carbocycles. The molecule has 16 heavy (non-hydrogen) atoms. The van der Waals surface area contributed by atoms with E-state index in [1.807, 2.05) is 6.92 Å². The second kappa shape index (κ2) is 5.16. The van der Waals surface area contributed by atoms with Gasteiger partial charge in [0.25, 0.3) is 5.91 Å². The molecule has 0 fully saturated rings. The lowest BCUT2D eigenvalue weighted by Crippen LogP contribution is -2.29. The van der Waals surface area contributed by atoms with E-state index in [2.05, 4.69) is 5.32 Å². The third-order valence-corrected chi connectivity index (χ3v) is 2.07. The summed E-state index contributed by atoms with van der Waals surface area (Å²) < 4.78 is 5.07. The number of carbonyl (C=O) groups excluding carboxylic acids is 1. The van der Waals surface area contributed by atoms with Crippen molar-refractivity contribution in [1.82, 2.24) is 5.32 Å². The number of carboxylic acid groups (broad SMARTS) is 1. The first-order valence-electron chi connectivity index (χ1n) is 4.69. The molecule has 1 aromatic rings. The number of rotatable bonds is 4. The minimum atomic E-state index is -1.08. The van der Waals surface area contributed by atoms with Gasteiger partial charge in [0.1, 0.15) is 12.3 Å². The average Bonchev–Trinajstić information content (AvgIpc) is 2.26. The number of methoxy groups -OCH3 is 1. The summed E-state index contributed by atoms with van der Waals surface area (Å²) in [6.07, 6.45) is 0. The fraction of sp³-hybridized carbons (Fsp3) is 0.273. The van der Waals surface area contributed by atoms with Crippen LogP contribution in [0.15, 0.2) is 18.2 Å². The largest absolute Gasteiger partial charge is 0.496 e. The van der Waals surface area contributed by atoms with Gasteiger partial charge in [0.2, 0.25) is 0 Å². The topological polar surface area (TPSA) is 75.6 Å². The van der Waals surface area contributed by atoms with Crippen LogP contribution in [0, 0.1) is 6.92 Å². The summed E-state index contributed by atoms with van der Waals surface area (Å²) in [4.78, 5) is 21.8. The maximum atomic E-state index is 11.5. The zero-order chi connectivity index (χ0) is 12.1. The van der Waals surface area contributed by atoms with Crippen molar-refractivity contribution in [3.63, 3.8) is 0 Å². The van der Waals surface area contributed by atoms with E-state index in [0.29, 0.717) is 11.3 Å². The molecule has 5 heteroatoms. The number of carboxylic acids is 1. The molecule has 0 spiro atoms. The molecular weight excluding hydrogens is 210 g/mol. The molecule has 0 atom stereocenters. The first-order chi connectivity index (χ1) is 7.54. The lowest BCUT2D eigenvalue weighted by molar-refractivity contribution is -0.135. The van der Waals surface area contributed by atoms with Crippen molar-refractivity contribution >= 4 is 11.9 Å². The summed E-state index contributed by atoms with van der Waals surface area (Å²) in [5.41, 5.74) is 1.29. The quantitative estimate of drug-likeness (QED) is 0.792. The van der Waals surface area contributed by atoms with Gasteiger partial charge < -0.3 is 15.2 Å². The standard InChI is InChI=1S/C11H13NO4/c1-7-3-4-8(5-9(7)16-2)11(15)12-6-10(13)14/h3-5H,6H2,1-2H3,(H,12,15)(H,13,14). The molecule has 0 saturated carbocycles. The van der Waals surface area contributed by atoms with Crippen LogP contribution in [0.1, 0.15) is 15.9 Å². The van der Waals surface area contributed by atoms with Crippen LogP contribution >= 0.6 is 0 Å². The predicted octanol–water partition coefficient (Wildman–Crippen LogP) is 0.818. The Morgan fingerprint density at radius 1 is 1.44 bits per heavy atom. The van der Waals surface area contributed by atoms with Crippen LogP contribution in [0.4, 0.5) is 0 Å². The van der Waals surface area contributed by atoms with Crippen molar-refractivity contribution in [1.29, 1.82) is 0 Å². The Kier molecular flexibility index (Phi) is 3.88. The van der Waals surface area contributed by atoms with Gasteiger partial charge in [0.15, 0.2) is 0 Å². The lowest BCUT2D eigenvalue weighted by Gasteiger charge is -2.07. The number of amides is 1. The number of benzene rings is 1. The number of ether oxygens (including phenoxy) is 1. The summed E-state index contributed by atoms with van der Waals surface area (Å²) in [5.74, 6) is -0.906. The smallest absolute Gasteiger partial charge is 0.322 e. The van der Waals surface area contributed by atoms with Crippen molar-refractivity contribution in [3.05, 3.63) is 29.3 Å². The lowest BCUT2D eigenvalue weighted by atomic mass is 10.1. The summed E-state index contributed by atoms with van der Waals surface area (Å²) in [7, 11) is 1.52. The summed E-state index contributed by atoms with van der Waals surface area (Å²) in [6.45, 7) is 1.47. The number of hydrogen-bond acceptors (Lipinski definition) is 3. The minimum absolute atomic E-state index is 0.378. The Morgan fingerprint density at radius 2 is 2.12 bits per heavy atom. The van der Waals surface area contributed by atoms with Crippen LogP contribution in [-0.4, -0.2) is 30.6 Å². The van der Waals surface area contributed by atoms with Gasteiger partial charge >= 0.3 is 5.97 Å². The van der Waals surface area contributed by atoms with E-state index in [1.54, 1.807) is 18.2 Å². The third-order valence-electron chi connectivity index (χ3n) is 2.07. The number of aryl methyl sites for hydroxylation is 1. The molecule has 5 nitrogen and oxygen atoms in total. The Hall–Kier alpha value is -2.04. The molecule has 0 unspecified atom stereocenters. The molecule has 2 N–H and O–H groups in total. The Bertz CT molecular complexity index is 414. The highest BCUT2D eigenvalue weighted by atomic mass is 16.5. The summed E-state index contributed by atoms with van der Waals surface area (Å²) in [5, 5.41) is 10.7. The zero-order valence-corrected chi connectivity index (χ0v) is 9.11. The third kappa shape index (κ3) is 2.98. The van der Waals surface area contributed by atoms with Crippen LogP contribution in [-0.2, 0) is 4.79 Å². The van der Waals surface area contributed by atoms with Crippen LogP contribution in [0.2, 0.25) is 0 Å². The number of aliphatic carboxylic acids is 1. The van der Waals surface area contributed by atoms with Crippen molar-refractivity contribution in [2.24, 2.45) is 0 Å². The van der Waals surface area contributed by atoms with Gasteiger partial charge in [-0.15, -0.1) is 0 Å². The van der Waals surface area contributed by atoms with Gasteiger partial charge in [-0.25, -0.2) is 0 Å². The van der Waals surface area contributed by atoms with Crippen LogP contribution in [0.3, 0.4) is 0 Å². The Labute approximate surface area is 93.0 Å². The van der Waals surface area contributed by atoms with Gasteiger partial charge in [-0.1, -0.05) is 6.07 Å². The van der Waals surface area contributed by atoms with Crippen molar-refractivity contribution in [2.75, 3.05) is 13.7 Å². The van der Waals surface area contributed by atoms with E-state index in [9.17, 15) is 9.59 Å². The average molecular weight is 223 g/mol. The highest BCUT2D eigenvalue weighted by Gasteiger charge is 2.09. The molecule has 0 aliphatic carbocycles. The first-order valence-corrected chi connectivity index (χ1v) is 4.69. The highest BCUT2D eigenvalue weighted by Crippen LogP contribution is 2.18. The van der Waals surface area contributed by atoms with Gasteiger partial charge in [0.05, 0.1) is 7.11 Å². The fourth-order valence-corrected chi connectivity index (χ4v) is 1.22. The molecule has 1 rings (SSSR count). The van der Waals surface area contributed by atoms with E-state index in [1.165, 1.54) is 7.11 Å². The van der Waals surface area contributed by atoms with E-state index in [4.69, 9.17) is 9.84 Å². The predicted molar refractivity (Wildman–Crippen MR) is 57.7 cm³/mol. The van der Waals surface area contributed by atoms with E-state index >= 15 is 0 Å². The number of nitrogens with one attached hydrogen (secondary N) is 1. The van der Waals surface area contributed by atoms with Crippen molar-refractivity contribution in [2.45, 2.75) is 6.92 Å². The van der Waals surface area contributed by atoms with Crippen LogP contribution in [0.5, 0.6) is 5.75 Å². The van der Waals surface area contributed by atoms with Gasteiger partial charge in [-0.3, -0.25) is 9.59 Å². The second-order valence-electron chi connectivity index (χ2n) is 3.26. The number of hydrogen-bond donors (Lipinski definition) is 2. The summed E-state index contributed by atoms with van der Waals surface area (Å²) >= 11 is 0. The van der Waals surface area contributed by atoms with E-state index in [0.717, 1.165) is 5.56 Å². The SMILES string of the molecule is COc1cc(C(=O)NCC(=O)O)ccc1C. The number of carbonyl (C=O) groups is 2. The molecule has 0 aliphatic rings. The van der Waals surface area contributed by atoms with Gasteiger partial charge in [0, 0.05) is 5.56 Å². The molecule has 86 valence electrons. The molecule has 1 amide bonds. The van der Waals surface area contributed by atoms with Crippen molar-refractivity contribution in [3.8, 4) is 5.75 Å². The molecule has 0 radical (unpaired) electrons. The maximum Gasteiger partial charge on any atom is 0.322 e. The molecule has 0 bridgehead atoms. The maximum absolute atomic E-state index is 11.5. The van der Waals surface area contributed by atoms with Gasteiger partial charge in [-0.05, 0) is 24.6 Å². The Morgan fingerprint density at radius 3 is 2.69 bits per heavy atom. The van der Waals surface area contributed by atoms with E-state index < -0.39 is 18.4 Å². The second-order valence-corrected chi connectivity index (χ2v) is 3.26. The van der Waals surface area contributed by atoms with Gasteiger partial charge in [-0.2, -0.15) is 0 Å². The fourth-order valence-electron chi connectivity index (χ4n) is 1.22. The summed E-state index contributed by atoms with van der Waals surface area (Å²) in [6, 6.07) is 4.94. The monoisotopic (exact) mass is 223 g/mol. The Balaban J connectivity index is 2.80. The minimum Gasteiger partial charge on any atom is -0.496 e. The molecule has 0 aromatic heterocycles. The molecular formula is C11H13NO4. The molecule has 0 aliphatic heterocycles. The molecule has 0 saturated heterocycles. The van der Waals surface area contributed by atoms with Crippen LogP contribution < -0.4 is 10.1 Å². The van der Waals surface area contributed by atoms with Crippen LogP contribution in [0.25, 0.3) is 0 Å². The van der Waals surface area contributed by atoms with Crippen molar-refractivity contribution < 1.29 is 19.4 Å². The zero-order valence-electron chi connectivity index (χ0n) is 9.11. The van der Waals surface area contributed by atoms with E-state index in [-0.39, 0.29) is 0 Å². The first kappa shape index (κ1) is 12.0. The highest BCUT2D eigenvalue weighted by molar-refractivity contribution is 5.96.